The fraction of sp³-hybridized carbons (Fsp3) is 0.867. The van der Waals surface area contributed by atoms with Gasteiger partial charge in [0, 0.05) is 19.6 Å². The molecule has 0 aromatic heterocycles. The molecule has 5 nitrogen and oxygen atoms in total. The number of halogens is 3. The predicted molar refractivity (Wildman–Crippen MR) is 76.6 cm³/mol. The molecule has 1 aliphatic rings. The van der Waals surface area contributed by atoms with Crippen molar-refractivity contribution in [3.05, 3.63) is 0 Å². The lowest BCUT2D eigenvalue weighted by Crippen LogP contribution is -2.44. The van der Waals surface area contributed by atoms with Crippen LogP contribution >= 0.6 is 0 Å². The molecule has 0 N–H and O–H groups in total. The summed E-state index contributed by atoms with van der Waals surface area (Å²) in [5.41, 5.74) is 0. The number of nitrogens with zero attached hydrogens (tertiary/aromatic N) is 1. The van der Waals surface area contributed by atoms with Gasteiger partial charge in [-0.2, -0.15) is 13.2 Å². The van der Waals surface area contributed by atoms with Gasteiger partial charge < -0.3 is 14.4 Å². The Bertz CT molecular complexity index is 401. The molecular formula is C15H24F3NO4. The zero-order valence-electron chi connectivity index (χ0n) is 13.5. The van der Waals surface area contributed by atoms with Crippen molar-refractivity contribution in [1.29, 1.82) is 0 Å². The second-order valence-corrected chi connectivity index (χ2v) is 5.66. The average Bonchev–Trinajstić information content (AvgIpc) is 2.50. The monoisotopic (exact) mass is 339 g/mol. The third kappa shape index (κ3) is 6.37. The molecule has 0 aliphatic heterocycles. The molecule has 0 bridgehead atoms. The van der Waals surface area contributed by atoms with E-state index < -0.39 is 29.9 Å². The smallest absolute Gasteiger partial charge is 0.391 e. The van der Waals surface area contributed by atoms with Crippen molar-refractivity contribution >= 4 is 11.9 Å². The molecule has 0 aromatic rings. The molecule has 0 spiro atoms. The molecule has 1 rings (SSSR count). The molecule has 0 aromatic carbocycles. The van der Waals surface area contributed by atoms with E-state index in [1.54, 1.807) is 6.92 Å². The maximum atomic E-state index is 12.9. The van der Waals surface area contributed by atoms with Crippen LogP contribution in [-0.2, 0) is 19.1 Å². The highest BCUT2D eigenvalue weighted by molar-refractivity contribution is 5.83. The Morgan fingerprint density at radius 1 is 1.26 bits per heavy atom. The van der Waals surface area contributed by atoms with Crippen LogP contribution in [0.4, 0.5) is 13.2 Å². The van der Waals surface area contributed by atoms with Crippen LogP contribution in [0.2, 0.25) is 0 Å². The van der Waals surface area contributed by atoms with Crippen LogP contribution in [0.15, 0.2) is 0 Å². The summed E-state index contributed by atoms with van der Waals surface area (Å²) in [6, 6.07) is 0. The third-order valence-corrected chi connectivity index (χ3v) is 3.99. The number of alkyl halides is 3. The number of rotatable bonds is 7. The van der Waals surface area contributed by atoms with Crippen LogP contribution in [0.5, 0.6) is 0 Å². The van der Waals surface area contributed by atoms with E-state index in [9.17, 15) is 22.8 Å². The molecule has 1 amide bonds. The maximum Gasteiger partial charge on any atom is 0.391 e. The Morgan fingerprint density at radius 3 is 2.52 bits per heavy atom. The summed E-state index contributed by atoms with van der Waals surface area (Å²) in [4.78, 5) is 25.3. The standard InChI is InChI=1S/C15H24F3NO4/c1-3-23-13(20)10-19(7-8-22-2)14(21)11-5-4-6-12(9-11)15(16,17)18/h11-12H,3-10H2,1-2H3. The summed E-state index contributed by atoms with van der Waals surface area (Å²) in [5, 5.41) is 0. The molecule has 8 heteroatoms. The Balaban J connectivity index is 2.72. The first-order valence-electron chi connectivity index (χ1n) is 7.79. The van der Waals surface area contributed by atoms with Gasteiger partial charge in [-0.25, -0.2) is 0 Å². The third-order valence-electron chi connectivity index (χ3n) is 3.99. The van der Waals surface area contributed by atoms with E-state index in [0.29, 0.717) is 12.8 Å². The van der Waals surface area contributed by atoms with Gasteiger partial charge in [-0.05, 0) is 26.2 Å². The van der Waals surface area contributed by atoms with E-state index in [1.165, 1.54) is 12.0 Å². The summed E-state index contributed by atoms with van der Waals surface area (Å²) >= 11 is 0. The van der Waals surface area contributed by atoms with Crippen LogP contribution in [-0.4, -0.2) is 56.4 Å². The van der Waals surface area contributed by atoms with Crippen molar-refractivity contribution in [3.63, 3.8) is 0 Å². The first-order chi connectivity index (χ1) is 10.8. The lowest BCUT2D eigenvalue weighted by Gasteiger charge is -2.33. The first kappa shape index (κ1) is 19.7. The number of esters is 1. The molecule has 0 saturated heterocycles. The molecule has 2 unspecified atom stereocenters. The molecule has 1 aliphatic carbocycles. The first-order valence-corrected chi connectivity index (χ1v) is 7.79. The van der Waals surface area contributed by atoms with Crippen molar-refractivity contribution < 1.29 is 32.2 Å². The Hall–Kier alpha value is -1.31. The fourth-order valence-electron chi connectivity index (χ4n) is 2.80. The molecule has 2 atom stereocenters. The minimum absolute atomic E-state index is 0.0588. The number of methoxy groups -OCH3 is 1. The topological polar surface area (TPSA) is 55.8 Å². The van der Waals surface area contributed by atoms with E-state index in [4.69, 9.17) is 9.47 Å². The highest BCUT2D eigenvalue weighted by Gasteiger charge is 2.44. The van der Waals surface area contributed by atoms with Crippen molar-refractivity contribution in [2.45, 2.75) is 38.8 Å². The number of ether oxygens (including phenoxy) is 2. The van der Waals surface area contributed by atoms with Gasteiger partial charge in [0.1, 0.15) is 6.54 Å². The Labute approximate surface area is 134 Å². The normalized spacial score (nSPS) is 21.8. The van der Waals surface area contributed by atoms with E-state index in [0.717, 1.165) is 0 Å². The van der Waals surface area contributed by atoms with Crippen LogP contribution in [0.1, 0.15) is 32.6 Å². The molecular weight excluding hydrogens is 315 g/mol. The van der Waals surface area contributed by atoms with Crippen molar-refractivity contribution in [3.8, 4) is 0 Å². The van der Waals surface area contributed by atoms with Gasteiger partial charge >= 0.3 is 12.1 Å². The van der Waals surface area contributed by atoms with E-state index in [-0.39, 0.29) is 39.1 Å². The number of hydrogen-bond acceptors (Lipinski definition) is 4. The Morgan fingerprint density at radius 2 is 1.96 bits per heavy atom. The lowest BCUT2D eigenvalue weighted by molar-refractivity contribution is -0.187. The number of amides is 1. The fourth-order valence-corrected chi connectivity index (χ4v) is 2.80. The van der Waals surface area contributed by atoms with E-state index >= 15 is 0 Å². The van der Waals surface area contributed by atoms with Gasteiger partial charge in [0.25, 0.3) is 0 Å². The van der Waals surface area contributed by atoms with Gasteiger partial charge in [-0.15, -0.1) is 0 Å². The zero-order valence-corrected chi connectivity index (χ0v) is 13.5. The van der Waals surface area contributed by atoms with Crippen LogP contribution in [0, 0.1) is 11.8 Å². The summed E-state index contributed by atoms with van der Waals surface area (Å²) in [6.07, 6.45) is -3.66. The van der Waals surface area contributed by atoms with Crippen LogP contribution < -0.4 is 0 Å². The summed E-state index contributed by atoms with van der Waals surface area (Å²) in [5.74, 6) is -3.15. The summed E-state index contributed by atoms with van der Waals surface area (Å²) in [6.45, 7) is 1.93. The van der Waals surface area contributed by atoms with Crippen molar-refractivity contribution in [1.82, 2.24) is 4.90 Å². The lowest BCUT2D eigenvalue weighted by atomic mass is 9.80. The van der Waals surface area contributed by atoms with Crippen molar-refractivity contribution in [2.24, 2.45) is 11.8 Å². The molecule has 0 radical (unpaired) electrons. The predicted octanol–water partition coefficient (Wildman–Crippen LogP) is 2.39. The van der Waals surface area contributed by atoms with Crippen LogP contribution in [0.25, 0.3) is 0 Å². The average molecular weight is 339 g/mol. The second kappa shape index (κ2) is 9.10. The van der Waals surface area contributed by atoms with Gasteiger partial charge in [-0.3, -0.25) is 9.59 Å². The SMILES string of the molecule is CCOC(=O)CN(CCOC)C(=O)C1CCCC(C(F)(F)F)C1. The minimum atomic E-state index is -4.28. The van der Waals surface area contributed by atoms with E-state index in [2.05, 4.69) is 0 Å². The molecule has 1 fully saturated rings. The van der Waals surface area contributed by atoms with Gasteiger partial charge in [0.15, 0.2) is 0 Å². The van der Waals surface area contributed by atoms with Gasteiger partial charge in [0.05, 0.1) is 19.1 Å². The highest BCUT2D eigenvalue weighted by atomic mass is 19.4. The second-order valence-electron chi connectivity index (χ2n) is 5.66. The summed E-state index contributed by atoms with van der Waals surface area (Å²) in [7, 11) is 1.45. The maximum absolute atomic E-state index is 12.9. The van der Waals surface area contributed by atoms with E-state index in [1.807, 2.05) is 0 Å². The number of carbonyl (C=O) groups excluding carboxylic acids is 2. The zero-order chi connectivity index (χ0) is 17.5. The quantitative estimate of drug-likeness (QED) is 0.669. The largest absolute Gasteiger partial charge is 0.465 e. The van der Waals surface area contributed by atoms with Gasteiger partial charge in [0.2, 0.25) is 5.91 Å². The molecule has 1 saturated carbocycles. The minimum Gasteiger partial charge on any atom is -0.465 e. The number of hydrogen-bond donors (Lipinski definition) is 0. The Kier molecular flexibility index (Phi) is 7.81. The summed E-state index contributed by atoms with van der Waals surface area (Å²) < 4.78 is 48.3. The molecule has 0 heterocycles. The van der Waals surface area contributed by atoms with Crippen molar-refractivity contribution in [2.75, 3.05) is 33.4 Å². The number of carbonyl (C=O) groups is 2. The highest BCUT2D eigenvalue weighted by Crippen LogP contribution is 2.40. The molecule has 134 valence electrons. The van der Waals surface area contributed by atoms with Gasteiger partial charge in [-0.1, -0.05) is 6.42 Å². The molecule has 23 heavy (non-hydrogen) atoms. The van der Waals surface area contributed by atoms with Crippen LogP contribution in [0.3, 0.4) is 0 Å².